The molecule has 0 aliphatic rings. The standard InChI is InChI=1S/2C34H43F2N5O5SSi.CH4/c1-21-17-26(45-31(35)36)27(23-13-14-40(29(21)23)32(42)46-33(2,3)4)28(39-47(43)34(5,6)7)30-38-24-18-22(19-37)11-12-25(24)41(30)20-44-15-16-48(8,9)10;1-21-17-26(45-31(35)36)27(23-13-14-40(29(21)23)32(42)46-33(2,3)4)28(39-47(43)34(5,6)7)30-38-24-12-11-22(19-37)18-25(24)41(30)20-44-15-16-48(8,9)10;/h2*11-14,17-18,31H,15-16,20H2,1-10H3;1H4. The van der Waals surface area contributed by atoms with Crippen molar-refractivity contribution in [1.82, 2.24) is 28.2 Å². The van der Waals surface area contributed by atoms with E-state index in [0.717, 1.165) is 12.1 Å². The van der Waals surface area contributed by atoms with E-state index < -0.39 is 84.2 Å². The molecule has 20 nitrogen and oxygen atoms in total. The molecule has 0 saturated carbocycles. The van der Waals surface area contributed by atoms with E-state index in [1.54, 1.807) is 155 Å². The van der Waals surface area contributed by atoms with Gasteiger partial charge in [0.25, 0.3) is 0 Å². The van der Waals surface area contributed by atoms with Gasteiger partial charge in [-0.25, -0.2) is 28.0 Å². The number of nitriles is 2. The maximum absolute atomic E-state index is 14.0. The Bertz CT molecular complexity index is 4280. The third-order valence-corrected chi connectivity index (χ3v) is 20.5. The zero-order valence-electron chi connectivity index (χ0n) is 58.2. The summed E-state index contributed by atoms with van der Waals surface area (Å²) in [4.78, 5) is 36.3. The van der Waals surface area contributed by atoms with Gasteiger partial charge in [0.1, 0.15) is 69.6 Å². The van der Waals surface area contributed by atoms with E-state index in [4.69, 9.17) is 38.4 Å². The molecule has 4 aromatic heterocycles. The molecular formula is C69H90F4N10O10S2Si2. The highest BCUT2D eigenvalue weighted by Crippen LogP contribution is 2.40. The van der Waals surface area contributed by atoms with Crippen molar-refractivity contribution < 1.29 is 64.0 Å². The molecule has 524 valence electrons. The van der Waals surface area contributed by atoms with Crippen LogP contribution in [0.25, 0.3) is 43.9 Å². The molecule has 2 unspecified atom stereocenters. The van der Waals surface area contributed by atoms with Crippen molar-refractivity contribution >= 4 is 106 Å². The van der Waals surface area contributed by atoms with Crippen LogP contribution >= 0.6 is 0 Å². The van der Waals surface area contributed by atoms with E-state index in [1.807, 2.05) is 0 Å². The summed E-state index contributed by atoms with van der Waals surface area (Å²) in [6.45, 7) is 32.2. The molecule has 0 N–H and O–H groups in total. The minimum absolute atomic E-state index is 0. The zero-order valence-corrected chi connectivity index (χ0v) is 61.8. The summed E-state index contributed by atoms with van der Waals surface area (Å²) in [6, 6.07) is 21.9. The molecule has 0 bridgehead atoms. The second-order valence-electron chi connectivity index (χ2n) is 29.4. The first-order valence-corrected chi connectivity index (χ1v) is 40.7. The Hall–Kier alpha value is -7.87. The molecule has 0 amide bonds. The zero-order chi connectivity index (χ0) is 71.5. The summed E-state index contributed by atoms with van der Waals surface area (Å²) >= 11 is 0. The van der Waals surface area contributed by atoms with Gasteiger partial charge in [-0.15, -0.1) is 0 Å². The van der Waals surface area contributed by atoms with Crippen molar-refractivity contribution in [2.75, 3.05) is 13.2 Å². The quantitative estimate of drug-likeness (QED) is 0.0298. The van der Waals surface area contributed by atoms with Crippen LogP contribution < -0.4 is 9.47 Å². The molecule has 28 heteroatoms. The fourth-order valence-electron chi connectivity index (χ4n) is 9.72. The molecule has 97 heavy (non-hydrogen) atoms. The average Bonchev–Trinajstić information content (AvgIpc) is 1.65. The van der Waals surface area contributed by atoms with E-state index in [0.29, 0.717) is 79.3 Å². The molecule has 8 aromatic rings. The molecule has 0 aliphatic carbocycles. The number of imidazole rings is 2. The van der Waals surface area contributed by atoms with E-state index in [-0.39, 0.29) is 66.6 Å². The van der Waals surface area contributed by atoms with Crippen molar-refractivity contribution in [2.45, 2.75) is 203 Å². The van der Waals surface area contributed by atoms with Crippen LogP contribution in [0, 0.1) is 36.5 Å². The highest BCUT2D eigenvalue weighted by Gasteiger charge is 2.34. The summed E-state index contributed by atoms with van der Waals surface area (Å²) in [7, 11) is -6.68. The molecule has 0 aliphatic heterocycles. The number of hydrogen-bond donors (Lipinski definition) is 0. The van der Waals surface area contributed by atoms with Crippen LogP contribution in [-0.2, 0) is 54.4 Å². The number of rotatable bonds is 20. The number of fused-ring (bicyclic) bond motifs is 4. The number of alkyl halides is 4. The lowest BCUT2D eigenvalue weighted by molar-refractivity contribution is -0.0505. The summed E-state index contributed by atoms with van der Waals surface area (Å²) in [5, 5.41) is 19.9. The van der Waals surface area contributed by atoms with Gasteiger partial charge < -0.3 is 28.4 Å². The smallest absolute Gasteiger partial charge is 0.419 e. The SMILES string of the molecule is C.Cc1cc(OC(F)F)c(C(=NS(=O)C(C)(C)C)c2nc3cc(C#N)ccc3n2COCC[Si](C)(C)C)c2ccn(C(=O)OC(C)(C)C)c12.Cc1cc(OC(F)F)c(C(=NS(=O)C(C)(C)C)c2nc3ccc(C#N)cc3n2COCC[Si](C)(C)C)c2ccn(C(=O)OC(C)(C)C)c12. The minimum Gasteiger partial charge on any atom is -0.443 e. The van der Waals surface area contributed by atoms with Crippen molar-refractivity contribution in [3.05, 3.63) is 118 Å². The van der Waals surface area contributed by atoms with Crippen LogP contribution in [0.5, 0.6) is 11.5 Å². The van der Waals surface area contributed by atoms with Crippen LogP contribution in [0.2, 0.25) is 51.4 Å². The topological polar surface area (TPSA) is 241 Å². The average molecular weight is 1420 g/mol. The van der Waals surface area contributed by atoms with Gasteiger partial charge >= 0.3 is 25.4 Å². The van der Waals surface area contributed by atoms with E-state index >= 15 is 0 Å². The lowest BCUT2D eigenvalue weighted by Crippen LogP contribution is -2.27. The number of hydrogen-bond acceptors (Lipinski definition) is 14. The molecule has 0 saturated heterocycles. The fraction of sp³-hybridized carbons (Fsp3) is 0.478. The van der Waals surface area contributed by atoms with Gasteiger partial charge in [0, 0.05) is 52.5 Å². The Balaban J connectivity index is 0.000000303. The number of benzene rings is 4. The van der Waals surface area contributed by atoms with Crippen LogP contribution in [0.3, 0.4) is 0 Å². The van der Waals surface area contributed by atoms with Crippen molar-refractivity contribution in [1.29, 1.82) is 10.5 Å². The fourth-order valence-corrected chi connectivity index (χ4v) is 12.5. The maximum atomic E-state index is 14.0. The monoisotopic (exact) mass is 1410 g/mol. The molecule has 0 fully saturated rings. The summed E-state index contributed by atoms with van der Waals surface area (Å²) in [5.74, 6) is -0.143. The first-order valence-electron chi connectivity index (χ1n) is 31.0. The predicted octanol–water partition coefficient (Wildman–Crippen LogP) is 17.0. The number of aryl methyl sites for hydroxylation is 2. The number of ether oxygens (including phenoxy) is 6. The molecular weight excluding hydrogens is 1330 g/mol. The number of halogens is 4. The first-order chi connectivity index (χ1) is 44.4. The normalized spacial score (nSPS) is 13.6. The Morgan fingerprint density at radius 1 is 0.567 bits per heavy atom. The highest BCUT2D eigenvalue weighted by atomic mass is 32.2. The number of carbonyl (C=O) groups excluding carboxylic acids is 2. The third-order valence-electron chi connectivity index (χ3n) is 14.3. The maximum Gasteiger partial charge on any atom is 0.419 e. The lowest BCUT2D eigenvalue weighted by atomic mass is 10.00. The second-order valence-corrected chi connectivity index (χ2v) is 44.5. The van der Waals surface area contributed by atoms with E-state index in [2.05, 4.69) is 60.2 Å². The van der Waals surface area contributed by atoms with E-state index in [1.165, 1.54) is 33.7 Å². The van der Waals surface area contributed by atoms with Gasteiger partial charge in [0.05, 0.1) is 77.0 Å². The van der Waals surface area contributed by atoms with Crippen LogP contribution in [0.1, 0.15) is 136 Å². The van der Waals surface area contributed by atoms with Gasteiger partial charge in [-0.3, -0.25) is 18.3 Å². The lowest BCUT2D eigenvalue weighted by Gasteiger charge is -2.21. The highest BCUT2D eigenvalue weighted by molar-refractivity contribution is 7.85. The minimum atomic E-state index is -3.20. The Labute approximate surface area is 572 Å². The number of nitrogens with zero attached hydrogens (tertiary/aromatic N) is 10. The van der Waals surface area contributed by atoms with E-state index in [9.17, 15) is 46.1 Å². The van der Waals surface area contributed by atoms with Crippen LogP contribution in [0.15, 0.2) is 81.9 Å². The molecule has 0 spiro atoms. The van der Waals surface area contributed by atoms with Gasteiger partial charge in [0.15, 0.2) is 11.6 Å². The molecule has 4 heterocycles. The summed E-state index contributed by atoms with van der Waals surface area (Å²) in [6.07, 6.45) is 1.64. The Morgan fingerprint density at radius 2 is 0.948 bits per heavy atom. The molecule has 4 aromatic carbocycles. The van der Waals surface area contributed by atoms with Crippen molar-refractivity contribution in [3.8, 4) is 23.6 Å². The van der Waals surface area contributed by atoms with Gasteiger partial charge in [-0.1, -0.05) is 46.7 Å². The molecule has 8 rings (SSSR count). The van der Waals surface area contributed by atoms with Crippen molar-refractivity contribution in [2.24, 2.45) is 8.80 Å². The predicted molar refractivity (Wildman–Crippen MR) is 381 cm³/mol. The third kappa shape index (κ3) is 19.7. The van der Waals surface area contributed by atoms with Gasteiger partial charge in [-0.2, -0.15) is 36.9 Å². The number of aromatic nitrogens is 6. The second kappa shape index (κ2) is 30.5. The molecule has 0 radical (unpaired) electrons. The van der Waals surface area contributed by atoms with Crippen LogP contribution in [0.4, 0.5) is 27.2 Å². The van der Waals surface area contributed by atoms with Crippen molar-refractivity contribution in [3.63, 3.8) is 0 Å². The van der Waals surface area contributed by atoms with Gasteiger partial charge in [0.2, 0.25) is 0 Å². The first kappa shape index (κ1) is 78.1. The Morgan fingerprint density at radius 3 is 1.32 bits per heavy atom. The molecule has 2 atom stereocenters. The summed E-state index contributed by atoms with van der Waals surface area (Å²) < 4.78 is 131. The van der Waals surface area contributed by atoms with Crippen LogP contribution in [-0.4, -0.2) is 124 Å². The summed E-state index contributed by atoms with van der Waals surface area (Å²) in [5.41, 5.74) is 2.96. The largest absolute Gasteiger partial charge is 0.443 e. The Kier molecular flexibility index (Phi) is 24.6. The number of carbonyl (C=O) groups is 2. The van der Waals surface area contributed by atoms with Gasteiger partial charge in [-0.05, 0) is 181 Å².